The van der Waals surface area contributed by atoms with Crippen molar-refractivity contribution >= 4 is 23.4 Å². The number of anilines is 1. The molecule has 1 aromatic rings. The van der Waals surface area contributed by atoms with E-state index in [1.165, 1.54) is 11.8 Å². The number of nitrogens with one attached hydrogen (secondary N) is 1. The summed E-state index contributed by atoms with van der Waals surface area (Å²) in [4.78, 5) is 12.2. The molecule has 3 N–H and O–H groups in total. The van der Waals surface area contributed by atoms with Gasteiger partial charge in [-0.2, -0.15) is 0 Å². The molecule has 2 unspecified atom stereocenters. The van der Waals surface area contributed by atoms with Crippen LogP contribution < -0.4 is 5.32 Å². The first-order chi connectivity index (χ1) is 8.95. The SMILES string of the molecule is CCSc1cccc(NC(C)CC(C)O)c1C(=O)O. The minimum Gasteiger partial charge on any atom is -0.478 e. The molecule has 19 heavy (non-hydrogen) atoms. The molecule has 0 aliphatic rings. The average molecular weight is 283 g/mol. The summed E-state index contributed by atoms with van der Waals surface area (Å²) in [7, 11) is 0. The van der Waals surface area contributed by atoms with Crippen molar-refractivity contribution in [2.75, 3.05) is 11.1 Å². The van der Waals surface area contributed by atoms with E-state index in [0.29, 0.717) is 17.7 Å². The molecule has 0 heterocycles. The highest BCUT2D eigenvalue weighted by molar-refractivity contribution is 7.99. The predicted octanol–water partition coefficient (Wildman–Crippen LogP) is 3.07. The molecule has 1 aromatic carbocycles. The third kappa shape index (κ3) is 4.76. The molecule has 2 atom stereocenters. The van der Waals surface area contributed by atoms with Crippen molar-refractivity contribution in [1.29, 1.82) is 0 Å². The van der Waals surface area contributed by atoms with Gasteiger partial charge in [-0.15, -0.1) is 11.8 Å². The molecule has 0 aliphatic carbocycles. The maximum absolute atomic E-state index is 11.4. The molecule has 0 aliphatic heterocycles. The highest BCUT2D eigenvalue weighted by atomic mass is 32.2. The van der Waals surface area contributed by atoms with Gasteiger partial charge >= 0.3 is 5.97 Å². The summed E-state index contributed by atoms with van der Waals surface area (Å²) in [5.41, 5.74) is 0.922. The highest BCUT2D eigenvalue weighted by Gasteiger charge is 2.17. The maximum Gasteiger partial charge on any atom is 0.338 e. The van der Waals surface area contributed by atoms with Crippen molar-refractivity contribution in [2.45, 2.75) is 44.2 Å². The average Bonchev–Trinajstić information content (AvgIpc) is 2.27. The largest absolute Gasteiger partial charge is 0.478 e. The molecule has 0 radical (unpaired) electrons. The van der Waals surface area contributed by atoms with Gasteiger partial charge in [-0.3, -0.25) is 0 Å². The molecule has 4 nitrogen and oxygen atoms in total. The smallest absolute Gasteiger partial charge is 0.338 e. The second-order valence-corrected chi connectivity index (χ2v) is 5.85. The lowest BCUT2D eigenvalue weighted by atomic mass is 10.1. The minimum atomic E-state index is -0.928. The van der Waals surface area contributed by atoms with Gasteiger partial charge < -0.3 is 15.5 Å². The number of carbonyl (C=O) groups is 1. The third-order valence-corrected chi connectivity index (χ3v) is 3.58. The standard InChI is InChI=1S/C14H21NO3S/c1-4-19-12-7-5-6-11(13(12)14(17)18)15-9(2)8-10(3)16/h5-7,9-10,15-16H,4,8H2,1-3H3,(H,17,18). The van der Waals surface area contributed by atoms with Gasteiger partial charge in [-0.05, 0) is 38.2 Å². The van der Waals surface area contributed by atoms with Crippen LogP contribution in [0.4, 0.5) is 5.69 Å². The van der Waals surface area contributed by atoms with Crippen molar-refractivity contribution in [1.82, 2.24) is 0 Å². The van der Waals surface area contributed by atoms with E-state index in [1.54, 1.807) is 13.0 Å². The van der Waals surface area contributed by atoms with E-state index >= 15 is 0 Å². The van der Waals surface area contributed by atoms with Gasteiger partial charge in [0.15, 0.2) is 0 Å². The Morgan fingerprint density at radius 1 is 1.42 bits per heavy atom. The summed E-state index contributed by atoms with van der Waals surface area (Å²) in [5, 5.41) is 21.9. The molecule has 0 spiro atoms. The number of thioether (sulfide) groups is 1. The first kappa shape index (κ1) is 15.9. The van der Waals surface area contributed by atoms with Crippen molar-refractivity contribution in [3.63, 3.8) is 0 Å². The fourth-order valence-corrected chi connectivity index (χ4v) is 2.81. The molecule has 0 bridgehead atoms. The second-order valence-electron chi connectivity index (χ2n) is 4.55. The van der Waals surface area contributed by atoms with Gasteiger partial charge in [0, 0.05) is 10.9 Å². The van der Waals surface area contributed by atoms with Crippen molar-refractivity contribution in [2.24, 2.45) is 0 Å². The number of rotatable bonds is 7. The van der Waals surface area contributed by atoms with Crippen LogP contribution in [-0.2, 0) is 0 Å². The fourth-order valence-electron chi connectivity index (χ4n) is 1.98. The summed E-state index contributed by atoms with van der Waals surface area (Å²) < 4.78 is 0. The molecule has 5 heteroatoms. The van der Waals surface area contributed by atoms with Crippen LogP contribution in [0, 0.1) is 0 Å². The zero-order valence-corrected chi connectivity index (χ0v) is 12.3. The Hall–Kier alpha value is -1.20. The number of aromatic carboxylic acids is 1. The van der Waals surface area contributed by atoms with Crippen molar-refractivity contribution in [3.05, 3.63) is 23.8 Å². The molecule has 1 rings (SSSR count). The summed E-state index contributed by atoms with van der Waals surface area (Å²) in [6.45, 7) is 5.64. The van der Waals surface area contributed by atoms with E-state index in [0.717, 1.165) is 10.6 Å². The lowest BCUT2D eigenvalue weighted by molar-refractivity contribution is 0.0694. The zero-order valence-electron chi connectivity index (χ0n) is 11.5. The maximum atomic E-state index is 11.4. The van der Waals surface area contributed by atoms with Crippen LogP contribution in [0.15, 0.2) is 23.1 Å². The number of hydrogen-bond donors (Lipinski definition) is 3. The summed E-state index contributed by atoms with van der Waals surface area (Å²) >= 11 is 1.52. The molecule has 0 fully saturated rings. The van der Waals surface area contributed by atoms with Gasteiger partial charge in [0.1, 0.15) is 0 Å². The van der Waals surface area contributed by atoms with Gasteiger partial charge in [0.05, 0.1) is 17.4 Å². The Labute approximate surface area is 118 Å². The van der Waals surface area contributed by atoms with Gasteiger partial charge in [-0.25, -0.2) is 4.79 Å². The Morgan fingerprint density at radius 3 is 2.63 bits per heavy atom. The Kier molecular flexibility index (Phi) is 6.18. The van der Waals surface area contributed by atoms with E-state index in [-0.39, 0.29) is 6.04 Å². The topological polar surface area (TPSA) is 69.6 Å². The lowest BCUT2D eigenvalue weighted by Gasteiger charge is -2.19. The number of carboxylic acids is 1. The first-order valence-corrected chi connectivity index (χ1v) is 7.38. The van der Waals surface area contributed by atoms with E-state index in [1.807, 2.05) is 26.0 Å². The number of carboxylic acid groups (broad SMARTS) is 1. The number of aliphatic hydroxyl groups excluding tert-OH is 1. The van der Waals surface area contributed by atoms with Crippen LogP contribution in [0.2, 0.25) is 0 Å². The fraction of sp³-hybridized carbons (Fsp3) is 0.500. The van der Waals surface area contributed by atoms with E-state index in [9.17, 15) is 15.0 Å². The number of benzene rings is 1. The first-order valence-electron chi connectivity index (χ1n) is 6.39. The molecule has 0 saturated carbocycles. The molecule has 0 saturated heterocycles. The van der Waals surface area contributed by atoms with Gasteiger partial charge in [0.2, 0.25) is 0 Å². The molecule has 0 amide bonds. The zero-order chi connectivity index (χ0) is 14.4. The molecule has 0 aromatic heterocycles. The van der Waals surface area contributed by atoms with Gasteiger partial charge in [0.25, 0.3) is 0 Å². The normalized spacial score (nSPS) is 13.9. The Morgan fingerprint density at radius 2 is 2.11 bits per heavy atom. The van der Waals surface area contributed by atoms with Crippen LogP contribution in [0.3, 0.4) is 0 Å². The van der Waals surface area contributed by atoms with E-state index in [2.05, 4.69) is 5.32 Å². The Bertz CT molecular complexity index is 435. The van der Waals surface area contributed by atoms with Crippen LogP contribution in [0.1, 0.15) is 37.6 Å². The summed E-state index contributed by atoms with van der Waals surface area (Å²) in [6.07, 6.45) is 0.161. The third-order valence-electron chi connectivity index (χ3n) is 2.64. The van der Waals surface area contributed by atoms with Crippen LogP contribution in [0.25, 0.3) is 0 Å². The van der Waals surface area contributed by atoms with E-state index in [4.69, 9.17) is 0 Å². The van der Waals surface area contributed by atoms with Crippen molar-refractivity contribution < 1.29 is 15.0 Å². The molecule has 106 valence electrons. The summed E-state index contributed by atoms with van der Waals surface area (Å²) in [6, 6.07) is 5.45. The van der Waals surface area contributed by atoms with Crippen LogP contribution in [0.5, 0.6) is 0 Å². The van der Waals surface area contributed by atoms with Crippen LogP contribution in [-0.4, -0.2) is 34.1 Å². The quantitative estimate of drug-likeness (QED) is 0.671. The summed E-state index contributed by atoms with van der Waals surface area (Å²) in [5.74, 6) is -0.101. The minimum absolute atomic E-state index is 0.0139. The lowest BCUT2D eigenvalue weighted by Crippen LogP contribution is -2.22. The van der Waals surface area contributed by atoms with E-state index < -0.39 is 12.1 Å². The number of hydrogen-bond acceptors (Lipinski definition) is 4. The number of aliphatic hydroxyl groups is 1. The molecular formula is C14H21NO3S. The van der Waals surface area contributed by atoms with Crippen LogP contribution >= 0.6 is 11.8 Å². The molecular weight excluding hydrogens is 262 g/mol. The Balaban J connectivity index is 2.99. The highest BCUT2D eigenvalue weighted by Crippen LogP contribution is 2.29. The second kappa shape index (κ2) is 7.40. The van der Waals surface area contributed by atoms with Crippen molar-refractivity contribution in [3.8, 4) is 0 Å². The monoisotopic (exact) mass is 283 g/mol. The van der Waals surface area contributed by atoms with Gasteiger partial charge in [-0.1, -0.05) is 13.0 Å². The predicted molar refractivity (Wildman–Crippen MR) is 79.2 cm³/mol.